The summed E-state index contributed by atoms with van der Waals surface area (Å²) in [6.45, 7) is 11.7. The van der Waals surface area contributed by atoms with E-state index in [0.29, 0.717) is 0 Å². The number of anilines is 1. The first-order valence-corrected chi connectivity index (χ1v) is 6.91. The summed E-state index contributed by atoms with van der Waals surface area (Å²) in [4.78, 5) is 0. The number of nitrogens with one attached hydrogen (secondary N) is 1. The van der Waals surface area contributed by atoms with Crippen LogP contribution in [0.5, 0.6) is 0 Å². The topological polar surface area (TPSA) is 37.8 Å². The number of benzene rings is 1. The number of halogens is 1. The summed E-state index contributed by atoms with van der Waals surface area (Å²) in [6.07, 6.45) is 0. The second-order valence-electron chi connectivity index (χ2n) is 5.41. The van der Waals surface area contributed by atoms with Gasteiger partial charge >= 0.3 is 0 Å². The zero-order valence-electron chi connectivity index (χ0n) is 12.9. The highest BCUT2D eigenvalue weighted by molar-refractivity contribution is 5.60. The first kappa shape index (κ1) is 15.2. The molecular formula is C17H20FN3. The number of allylic oxidation sites excluding steroid dienone is 1. The van der Waals surface area contributed by atoms with Crippen LogP contribution in [0.4, 0.5) is 10.2 Å². The molecule has 4 heteroatoms. The summed E-state index contributed by atoms with van der Waals surface area (Å²) >= 11 is 0. The fourth-order valence-electron chi connectivity index (χ4n) is 2.24. The molecule has 2 rings (SSSR count). The van der Waals surface area contributed by atoms with Crippen LogP contribution < -0.4 is 5.32 Å². The fraction of sp³-hybridized carbons (Fsp3) is 0.294. The van der Waals surface area contributed by atoms with E-state index in [1.165, 1.54) is 12.1 Å². The van der Waals surface area contributed by atoms with Gasteiger partial charge in [-0.25, -0.2) is 4.39 Å². The Labute approximate surface area is 124 Å². The molecule has 0 aliphatic heterocycles. The Hall–Kier alpha value is -2.23. The van der Waals surface area contributed by atoms with Crippen LogP contribution in [0.3, 0.4) is 0 Å². The van der Waals surface area contributed by atoms with Gasteiger partial charge in [-0.1, -0.05) is 12.6 Å². The molecule has 0 amide bonds. The maximum absolute atomic E-state index is 13.2. The van der Waals surface area contributed by atoms with E-state index < -0.39 is 0 Å². The monoisotopic (exact) mass is 285 g/mol. The average Bonchev–Trinajstić information content (AvgIpc) is 2.40. The molecule has 0 spiro atoms. The van der Waals surface area contributed by atoms with Crippen LogP contribution in [0.15, 0.2) is 30.8 Å². The first-order valence-electron chi connectivity index (χ1n) is 6.91. The van der Waals surface area contributed by atoms with Crippen LogP contribution in [-0.2, 0) is 0 Å². The molecule has 0 fully saturated rings. The largest absolute Gasteiger partial charge is 0.362 e. The fourth-order valence-corrected chi connectivity index (χ4v) is 2.24. The van der Waals surface area contributed by atoms with Crippen LogP contribution in [0.1, 0.15) is 42.3 Å². The number of hydrogen-bond acceptors (Lipinski definition) is 3. The molecule has 1 aromatic heterocycles. The molecule has 0 saturated heterocycles. The van der Waals surface area contributed by atoms with Gasteiger partial charge in [0.1, 0.15) is 5.82 Å². The smallest absolute Gasteiger partial charge is 0.152 e. The highest BCUT2D eigenvalue weighted by Crippen LogP contribution is 2.24. The second kappa shape index (κ2) is 6.04. The molecule has 1 N–H and O–H groups in total. The minimum Gasteiger partial charge on any atom is -0.362 e. The van der Waals surface area contributed by atoms with Crippen molar-refractivity contribution >= 4 is 11.4 Å². The summed E-state index contributed by atoms with van der Waals surface area (Å²) in [7, 11) is 0. The number of aromatic nitrogens is 2. The van der Waals surface area contributed by atoms with Crippen molar-refractivity contribution in [3.63, 3.8) is 0 Å². The van der Waals surface area contributed by atoms with E-state index in [-0.39, 0.29) is 11.9 Å². The molecule has 0 unspecified atom stereocenters. The van der Waals surface area contributed by atoms with Gasteiger partial charge in [0.15, 0.2) is 5.82 Å². The highest BCUT2D eigenvalue weighted by atomic mass is 19.1. The average molecular weight is 285 g/mol. The zero-order valence-corrected chi connectivity index (χ0v) is 12.9. The van der Waals surface area contributed by atoms with Gasteiger partial charge in [-0.05, 0) is 68.2 Å². The van der Waals surface area contributed by atoms with E-state index in [1.807, 2.05) is 33.8 Å². The van der Waals surface area contributed by atoms with E-state index in [2.05, 4.69) is 22.1 Å². The number of nitrogens with zero attached hydrogens (tertiary/aromatic N) is 2. The maximum Gasteiger partial charge on any atom is 0.152 e. The van der Waals surface area contributed by atoms with Crippen LogP contribution in [-0.4, -0.2) is 10.2 Å². The van der Waals surface area contributed by atoms with Gasteiger partial charge in [-0.2, -0.15) is 0 Å². The minimum absolute atomic E-state index is 0.0225. The van der Waals surface area contributed by atoms with Crippen molar-refractivity contribution in [2.75, 3.05) is 5.32 Å². The molecule has 1 heterocycles. The van der Waals surface area contributed by atoms with E-state index >= 15 is 0 Å². The van der Waals surface area contributed by atoms with E-state index in [9.17, 15) is 4.39 Å². The standard InChI is InChI=1S/C17H20FN3/c1-10(2)16-9-12(4)17(21-20-16)19-13(5)15-7-6-14(18)8-11(15)3/h6-9,13H,1H2,2-5H3,(H,19,21)/t13-/m0/s1. The molecule has 0 aliphatic carbocycles. The quantitative estimate of drug-likeness (QED) is 0.902. The highest BCUT2D eigenvalue weighted by Gasteiger charge is 2.12. The first-order chi connectivity index (χ1) is 9.88. The van der Waals surface area contributed by atoms with Gasteiger partial charge in [0.2, 0.25) is 0 Å². The molecule has 0 radical (unpaired) electrons. The van der Waals surface area contributed by atoms with Crippen molar-refractivity contribution in [1.29, 1.82) is 0 Å². The Kier molecular flexibility index (Phi) is 4.36. The molecule has 0 aliphatic rings. The normalized spacial score (nSPS) is 12.0. The molecule has 1 atom stereocenters. The summed E-state index contributed by atoms with van der Waals surface area (Å²) in [5.41, 5.74) is 4.65. The van der Waals surface area contributed by atoms with Crippen molar-refractivity contribution in [1.82, 2.24) is 10.2 Å². The lowest BCUT2D eigenvalue weighted by atomic mass is 10.0. The van der Waals surface area contributed by atoms with E-state index in [4.69, 9.17) is 0 Å². The third-order valence-corrected chi connectivity index (χ3v) is 3.47. The van der Waals surface area contributed by atoms with Gasteiger partial charge in [0, 0.05) is 0 Å². The van der Waals surface area contributed by atoms with Gasteiger partial charge in [0.25, 0.3) is 0 Å². The molecule has 110 valence electrons. The predicted octanol–water partition coefficient (Wildman–Crippen LogP) is 4.44. The van der Waals surface area contributed by atoms with Crippen LogP contribution in [0.2, 0.25) is 0 Å². The van der Waals surface area contributed by atoms with Crippen molar-refractivity contribution in [3.8, 4) is 0 Å². The summed E-state index contributed by atoms with van der Waals surface area (Å²) in [5.74, 6) is 0.515. The number of aryl methyl sites for hydroxylation is 2. The zero-order chi connectivity index (χ0) is 15.6. The lowest BCUT2D eigenvalue weighted by Crippen LogP contribution is -2.11. The Morgan fingerprint density at radius 2 is 1.90 bits per heavy atom. The second-order valence-corrected chi connectivity index (χ2v) is 5.41. The van der Waals surface area contributed by atoms with Crippen LogP contribution >= 0.6 is 0 Å². The molecule has 21 heavy (non-hydrogen) atoms. The van der Waals surface area contributed by atoms with Gasteiger partial charge in [0.05, 0.1) is 11.7 Å². The Balaban J connectivity index is 2.23. The molecular weight excluding hydrogens is 265 g/mol. The Morgan fingerprint density at radius 1 is 1.19 bits per heavy atom. The molecule has 0 saturated carbocycles. The van der Waals surface area contributed by atoms with Crippen LogP contribution in [0, 0.1) is 19.7 Å². The minimum atomic E-state index is -0.217. The van der Waals surface area contributed by atoms with Crippen molar-refractivity contribution in [2.45, 2.75) is 33.7 Å². The van der Waals surface area contributed by atoms with Gasteiger partial charge in [-0.3, -0.25) is 0 Å². The van der Waals surface area contributed by atoms with Crippen molar-refractivity contribution in [2.24, 2.45) is 0 Å². The van der Waals surface area contributed by atoms with Gasteiger partial charge < -0.3 is 5.32 Å². The summed E-state index contributed by atoms with van der Waals surface area (Å²) < 4.78 is 13.2. The summed E-state index contributed by atoms with van der Waals surface area (Å²) in [5, 5.41) is 11.7. The predicted molar refractivity (Wildman–Crippen MR) is 84.7 cm³/mol. The third kappa shape index (κ3) is 3.45. The van der Waals surface area contributed by atoms with Crippen molar-refractivity contribution < 1.29 is 4.39 Å². The number of hydrogen-bond donors (Lipinski definition) is 1. The molecule has 0 bridgehead atoms. The van der Waals surface area contributed by atoms with Gasteiger partial charge in [-0.15, -0.1) is 10.2 Å². The van der Waals surface area contributed by atoms with E-state index in [0.717, 1.165) is 33.8 Å². The third-order valence-electron chi connectivity index (χ3n) is 3.47. The lowest BCUT2D eigenvalue weighted by molar-refractivity contribution is 0.624. The molecule has 2 aromatic rings. The SMILES string of the molecule is C=C(C)c1cc(C)c(N[C@@H](C)c2ccc(F)cc2C)nn1. The lowest BCUT2D eigenvalue weighted by Gasteiger charge is -2.18. The number of rotatable bonds is 4. The maximum atomic E-state index is 13.2. The van der Waals surface area contributed by atoms with Crippen molar-refractivity contribution in [3.05, 3.63) is 59.0 Å². The van der Waals surface area contributed by atoms with Crippen LogP contribution in [0.25, 0.3) is 5.57 Å². The molecule has 1 aromatic carbocycles. The Bertz CT molecular complexity index is 680. The molecule has 3 nitrogen and oxygen atoms in total. The Morgan fingerprint density at radius 3 is 2.48 bits per heavy atom. The summed E-state index contributed by atoms with van der Waals surface area (Å²) in [6, 6.07) is 6.79. The van der Waals surface area contributed by atoms with E-state index in [1.54, 1.807) is 6.07 Å².